The molecule has 7 heteroatoms. The molecule has 1 saturated heterocycles. The van der Waals surface area contributed by atoms with Crippen molar-refractivity contribution in [1.82, 2.24) is 4.98 Å². The third kappa shape index (κ3) is 3.50. The molecule has 2 heterocycles. The molecule has 0 radical (unpaired) electrons. The largest absolute Gasteiger partial charge is 0.506 e. The Morgan fingerprint density at radius 3 is 2.64 bits per heavy atom. The third-order valence-electron chi connectivity index (χ3n) is 4.29. The van der Waals surface area contributed by atoms with Crippen LogP contribution in [0.3, 0.4) is 0 Å². The normalized spacial score (nSPS) is 15.7. The zero-order chi connectivity index (χ0) is 17.4. The number of ether oxygens (including phenoxy) is 1. The maximum Gasteiger partial charge on any atom is 0.186 e. The van der Waals surface area contributed by atoms with Gasteiger partial charge in [0.05, 0.1) is 14.7 Å². The molecule has 25 heavy (non-hydrogen) atoms. The summed E-state index contributed by atoms with van der Waals surface area (Å²) in [6.07, 6.45) is 1.96. The van der Waals surface area contributed by atoms with Crippen LogP contribution in [0.15, 0.2) is 36.4 Å². The van der Waals surface area contributed by atoms with E-state index in [1.165, 1.54) is 0 Å². The minimum Gasteiger partial charge on any atom is -0.506 e. The van der Waals surface area contributed by atoms with Crippen LogP contribution in [0.4, 0.5) is 5.13 Å². The van der Waals surface area contributed by atoms with Crippen LogP contribution >= 0.6 is 34.5 Å². The Labute approximate surface area is 159 Å². The van der Waals surface area contributed by atoms with Gasteiger partial charge < -0.3 is 14.7 Å². The van der Waals surface area contributed by atoms with Gasteiger partial charge in [-0.25, -0.2) is 4.98 Å². The van der Waals surface area contributed by atoms with Crippen LogP contribution in [-0.4, -0.2) is 29.3 Å². The number of hydrogen-bond donors (Lipinski definition) is 1. The fraction of sp³-hybridized carbons (Fsp3) is 0.278. The van der Waals surface area contributed by atoms with Gasteiger partial charge in [-0.2, -0.15) is 0 Å². The first-order valence-electron chi connectivity index (χ1n) is 8.05. The highest BCUT2D eigenvalue weighted by molar-refractivity contribution is 7.22. The Balaban J connectivity index is 1.42. The van der Waals surface area contributed by atoms with E-state index >= 15 is 0 Å². The Kier molecular flexibility index (Phi) is 4.63. The van der Waals surface area contributed by atoms with Crippen molar-refractivity contribution in [3.05, 3.63) is 46.4 Å². The standard InChI is InChI=1S/C18H16Cl2N2O2S/c19-13-5-4-12(10-14(13)20)24-11-6-8-22(9-7-11)18-21-17-15(23)2-1-3-16(17)25-18/h1-5,10-11,23H,6-9H2. The average Bonchev–Trinajstić information content (AvgIpc) is 3.05. The summed E-state index contributed by atoms with van der Waals surface area (Å²) < 4.78 is 7.03. The number of anilines is 1. The molecule has 1 N–H and O–H groups in total. The summed E-state index contributed by atoms with van der Waals surface area (Å²) >= 11 is 13.6. The van der Waals surface area contributed by atoms with Crippen molar-refractivity contribution >= 4 is 49.9 Å². The van der Waals surface area contributed by atoms with E-state index in [-0.39, 0.29) is 11.9 Å². The van der Waals surface area contributed by atoms with Crippen molar-refractivity contribution < 1.29 is 9.84 Å². The van der Waals surface area contributed by atoms with Crippen molar-refractivity contribution in [3.8, 4) is 11.5 Å². The molecular weight excluding hydrogens is 379 g/mol. The highest BCUT2D eigenvalue weighted by Gasteiger charge is 2.23. The van der Waals surface area contributed by atoms with Gasteiger partial charge in [-0.3, -0.25) is 0 Å². The molecule has 0 unspecified atom stereocenters. The van der Waals surface area contributed by atoms with Crippen LogP contribution in [0.1, 0.15) is 12.8 Å². The molecule has 0 atom stereocenters. The molecule has 1 fully saturated rings. The van der Waals surface area contributed by atoms with E-state index in [1.54, 1.807) is 29.5 Å². The molecule has 4 rings (SSSR count). The molecule has 1 aromatic heterocycles. The summed E-state index contributed by atoms with van der Waals surface area (Å²) in [6.45, 7) is 1.74. The SMILES string of the molecule is Oc1cccc2sc(N3CCC(Oc4ccc(Cl)c(Cl)c4)CC3)nc12. The lowest BCUT2D eigenvalue weighted by Gasteiger charge is -2.32. The first-order chi connectivity index (χ1) is 12.1. The molecule has 1 aliphatic rings. The van der Waals surface area contributed by atoms with Crippen LogP contribution in [0, 0.1) is 0 Å². The lowest BCUT2D eigenvalue weighted by Crippen LogP contribution is -2.38. The van der Waals surface area contributed by atoms with Crippen LogP contribution in [0.25, 0.3) is 10.2 Å². The molecule has 4 nitrogen and oxygen atoms in total. The molecule has 0 spiro atoms. The minimum absolute atomic E-state index is 0.149. The van der Waals surface area contributed by atoms with E-state index < -0.39 is 0 Å². The highest BCUT2D eigenvalue weighted by atomic mass is 35.5. The first kappa shape index (κ1) is 16.8. The average molecular weight is 395 g/mol. The number of phenolic OH excluding ortho intramolecular Hbond substituents is 1. The number of phenols is 1. The number of nitrogens with zero attached hydrogens (tertiary/aromatic N) is 2. The van der Waals surface area contributed by atoms with Crippen molar-refractivity contribution in [2.75, 3.05) is 18.0 Å². The van der Waals surface area contributed by atoms with Crippen LogP contribution in [-0.2, 0) is 0 Å². The molecule has 0 saturated carbocycles. The molecule has 0 bridgehead atoms. The third-order valence-corrected chi connectivity index (χ3v) is 6.11. The molecule has 0 aliphatic carbocycles. The Morgan fingerprint density at radius 1 is 1.12 bits per heavy atom. The smallest absolute Gasteiger partial charge is 0.186 e. The van der Waals surface area contributed by atoms with Gasteiger partial charge in [0.15, 0.2) is 5.13 Å². The number of rotatable bonds is 3. The van der Waals surface area contributed by atoms with E-state index in [0.29, 0.717) is 15.6 Å². The Morgan fingerprint density at radius 2 is 1.92 bits per heavy atom. The van der Waals surface area contributed by atoms with E-state index in [1.807, 2.05) is 18.2 Å². The Hall–Kier alpha value is -1.69. The maximum absolute atomic E-state index is 9.92. The molecule has 1 aliphatic heterocycles. The lowest BCUT2D eigenvalue weighted by molar-refractivity contribution is 0.171. The predicted molar refractivity (Wildman–Crippen MR) is 104 cm³/mol. The van der Waals surface area contributed by atoms with Crippen molar-refractivity contribution in [2.45, 2.75) is 18.9 Å². The summed E-state index contributed by atoms with van der Waals surface area (Å²) in [5, 5.41) is 11.9. The Bertz CT molecular complexity index is 907. The van der Waals surface area contributed by atoms with E-state index in [2.05, 4.69) is 9.88 Å². The zero-order valence-electron chi connectivity index (χ0n) is 13.3. The number of halogens is 2. The van der Waals surface area contributed by atoms with Gasteiger partial charge >= 0.3 is 0 Å². The number of piperidine rings is 1. The molecular formula is C18H16Cl2N2O2S. The molecule has 3 aromatic rings. The number of benzene rings is 2. The molecule has 2 aromatic carbocycles. The van der Waals surface area contributed by atoms with Gasteiger partial charge in [-0.15, -0.1) is 0 Å². The van der Waals surface area contributed by atoms with Crippen LogP contribution in [0.2, 0.25) is 10.0 Å². The maximum atomic E-state index is 9.92. The fourth-order valence-corrected chi connectivity index (χ4v) is 4.29. The number of fused-ring (bicyclic) bond motifs is 1. The molecule has 130 valence electrons. The number of hydrogen-bond acceptors (Lipinski definition) is 5. The quantitative estimate of drug-likeness (QED) is 0.649. The fourth-order valence-electron chi connectivity index (χ4n) is 2.97. The molecule has 0 amide bonds. The summed E-state index contributed by atoms with van der Waals surface area (Å²) in [5.41, 5.74) is 0.677. The van der Waals surface area contributed by atoms with Crippen molar-refractivity contribution in [1.29, 1.82) is 0 Å². The first-order valence-corrected chi connectivity index (χ1v) is 9.62. The second-order valence-electron chi connectivity index (χ2n) is 6.00. The lowest BCUT2D eigenvalue weighted by atomic mass is 10.1. The zero-order valence-corrected chi connectivity index (χ0v) is 15.6. The number of aromatic hydroxyl groups is 1. The topological polar surface area (TPSA) is 45.6 Å². The summed E-state index contributed by atoms with van der Waals surface area (Å²) in [5.74, 6) is 0.982. The number of para-hydroxylation sites is 1. The van der Waals surface area contributed by atoms with Gasteiger partial charge in [0.2, 0.25) is 0 Å². The summed E-state index contributed by atoms with van der Waals surface area (Å²) in [6, 6.07) is 10.8. The number of aromatic nitrogens is 1. The van der Waals surface area contributed by atoms with Gasteiger partial charge in [0.25, 0.3) is 0 Å². The minimum atomic E-state index is 0.149. The second kappa shape index (κ2) is 6.90. The van der Waals surface area contributed by atoms with Crippen LogP contribution in [0.5, 0.6) is 11.5 Å². The van der Waals surface area contributed by atoms with Gasteiger partial charge in [0.1, 0.15) is 23.1 Å². The van der Waals surface area contributed by atoms with E-state index in [9.17, 15) is 5.11 Å². The summed E-state index contributed by atoms with van der Waals surface area (Å²) in [7, 11) is 0. The second-order valence-corrected chi connectivity index (χ2v) is 7.82. The van der Waals surface area contributed by atoms with Crippen LogP contribution < -0.4 is 9.64 Å². The van der Waals surface area contributed by atoms with Gasteiger partial charge in [-0.05, 0) is 24.3 Å². The number of thiazole rings is 1. The van der Waals surface area contributed by atoms with Crippen molar-refractivity contribution in [3.63, 3.8) is 0 Å². The van der Waals surface area contributed by atoms with Crippen molar-refractivity contribution in [2.24, 2.45) is 0 Å². The summed E-state index contributed by atoms with van der Waals surface area (Å²) in [4.78, 5) is 6.84. The van der Waals surface area contributed by atoms with E-state index in [0.717, 1.165) is 41.5 Å². The van der Waals surface area contributed by atoms with Gasteiger partial charge in [0, 0.05) is 32.0 Å². The van der Waals surface area contributed by atoms with E-state index in [4.69, 9.17) is 27.9 Å². The monoisotopic (exact) mass is 394 g/mol. The predicted octanol–water partition coefficient (Wildman–Crippen LogP) is 5.36. The van der Waals surface area contributed by atoms with Gasteiger partial charge in [-0.1, -0.05) is 40.6 Å². The highest BCUT2D eigenvalue weighted by Crippen LogP contribution is 2.35.